The first kappa shape index (κ1) is 19.2. The predicted octanol–water partition coefficient (Wildman–Crippen LogP) is 5.17. The predicted molar refractivity (Wildman–Crippen MR) is 113 cm³/mol. The van der Waals surface area contributed by atoms with Gasteiger partial charge in [-0.2, -0.15) is 5.10 Å². The molecular formula is C22H20ClFN4O. The lowest BCUT2D eigenvalue weighted by atomic mass is 10.1. The molecule has 0 aliphatic heterocycles. The fourth-order valence-electron chi connectivity index (χ4n) is 3.36. The molecule has 0 bridgehead atoms. The molecule has 0 atom stereocenters. The van der Waals surface area contributed by atoms with Crippen molar-refractivity contribution in [1.82, 2.24) is 14.8 Å². The average molecular weight is 411 g/mol. The summed E-state index contributed by atoms with van der Waals surface area (Å²) in [5, 5.41) is 8.60. The average Bonchev–Trinajstić information content (AvgIpc) is 3.25. The van der Waals surface area contributed by atoms with Crippen molar-refractivity contribution in [1.29, 1.82) is 0 Å². The molecule has 0 aliphatic rings. The van der Waals surface area contributed by atoms with Crippen LogP contribution in [0.3, 0.4) is 0 Å². The fraction of sp³-hybridized carbons (Fsp3) is 0.182. The Morgan fingerprint density at radius 3 is 2.93 bits per heavy atom. The van der Waals surface area contributed by atoms with Crippen LogP contribution < -0.4 is 5.32 Å². The van der Waals surface area contributed by atoms with Gasteiger partial charge in [-0.25, -0.2) is 4.39 Å². The molecule has 2 N–H and O–H groups in total. The number of nitrogens with one attached hydrogen (secondary N) is 2. The molecule has 0 radical (unpaired) electrons. The molecule has 0 unspecified atom stereocenters. The van der Waals surface area contributed by atoms with E-state index in [1.165, 1.54) is 23.1 Å². The summed E-state index contributed by atoms with van der Waals surface area (Å²) < 4.78 is 14.9. The first-order chi connectivity index (χ1) is 14.1. The van der Waals surface area contributed by atoms with Crippen molar-refractivity contribution in [3.05, 3.63) is 82.9 Å². The molecule has 7 heteroatoms. The molecule has 0 saturated heterocycles. The van der Waals surface area contributed by atoms with Gasteiger partial charge in [-0.05, 0) is 42.2 Å². The van der Waals surface area contributed by atoms with E-state index in [2.05, 4.69) is 21.5 Å². The van der Waals surface area contributed by atoms with E-state index in [1.807, 2.05) is 30.5 Å². The number of nitrogens with zero attached hydrogens (tertiary/aromatic N) is 2. The summed E-state index contributed by atoms with van der Waals surface area (Å²) in [4.78, 5) is 15.5. The van der Waals surface area contributed by atoms with E-state index in [0.29, 0.717) is 23.8 Å². The Hall–Kier alpha value is -3.12. The van der Waals surface area contributed by atoms with Crippen LogP contribution in [-0.2, 0) is 17.8 Å². The van der Waals surface area contributed by atoms with Gasteiger partial charge < -0.3 is 10.3 Å². The van der Waals surface area contributed by atoms with E-state index in [-0.39, 0.29) is 11.7 Å². The molecular weight excluding hydrogens is 391 g/mol. The summed E-state index contributed by atoms with van der Waals surface area (Å²) in [6.45, 7) is 0.369. The van der Waals surface area contributed by atoms with Crippen molar-refractivity contribution < 1.29 is 9.18 Å². The second-order valence-corrected chi connectivity index (χ2v) is 7.32. The minimum atomic E-state index is -0.301. The quantitative estimate of drug-likeness (QED) is 0.441. The van der Waals surface area contributed by atoms with Crippen LogP contribution in [0.15, 0.2) is 60.9 Å². The van der Waals surface area contributed by atoms with Gasteiger partial charge in [0, 0.05) is 29.7 Å². The van der Waals surface area contributed by atoms with Crippen LogP contribution in [0.25, 0.3) is 10.9 Å². The Kier molecular flexibility index (Phi) is 5.62. The molecule has 0 fully saturated rings. The topological polar surface area (TPSA) is 62.7 Å². The molecule has 1 amide bonds. The number of benzene rings is 2. The lowest BCUT2D eigenvalue weighted by Gasteiger charge is -2.04. The number of fused-ring (bicyclic) bond motifs is 1. The third-order valence-electron chi connectivity index (χ3n) is 4.73. The van der Waals surface area contributed by atoms with Crippen molar-refractivity contribution in [2.45, 2.75) is 25.8 Å². The minimum absolute atomic E-state index is 0.136. The van der Waals surface area contributed by atoms with Gasteiger partial charge in [0.25, 0.3) is 0 Å². The highest BCUT2D eigenvalue weighted by molar-refractivity contribution is 6.33. The lowest BCUT2D eigenvalue weighted by molar-refractivity contribution is -0.116. The summed E-state index contributed by atoms with van der Waals surface area (Å²) in [6, 6.07) is 14.4. The molecule has 0 spiro atoms. The van der Waals surface area contributed by atoms with Crippen molar-refractivity contribution >= 4 is 34.2 Å². The van der Waals surface area contributed by atoms with Crippen LogP contribution in [0, 0.1) is 5.82 Å². The number of carbonyl (C=O) groups is 1. The third kappa shape index (κ3) is 4.66. The molecule has 2 aromatic heterocycles. The Balaban J connectivity index is 1.32. The highest BCUT2D eigenvalue weighted by Crippen LogP contribution is 2.22. The number of carbonyl (C=O) groups excluding carboxylic acids is 1. The Morgan fingerprint density at radius 1 is 1.21 bits per heavy atom. The van der Waals surface area contributed by atoms with Gasteiger partial charge in [0.1, 0.15) is 10.8 Å². The van der Waals surface area contributed by atoms with Gasteiger partial charge >= 0.3 is 0 Å². The van der Waals surface area contributed by atoms with Gasteiger partial charge in [0.2, 0.25) is 5.91 Å². The van der Waals surface area contributed by atoms with Crippen LogP contribution >= 0.6 is 11.6 Å². The van der Waals surface area contributed by atoms with Gasteiger partial charge in [0.15, 0.2) is 5.82 Å². The number of hydrogen-bond acceptors (Lipinski definition) is 2. The van der Waals surface area contributed by atoms with E-state index in [1.54, 1.807) is 16.9 Å². The monoisotopic (exact) mass is 410 g/mol. The molecule has 4 rings (SSSR count). The normalized spacial score (nSPS) is 11.1. The van der Waals surface area contributed by atoms with E-state index in [9.17, 15) is 9.18 Å². The number of halogens is 2. The maximum absolute atomic E-state index is 13.3. The standard InChI is InChI=1S/C22H20ClFN4O/c23-19-14-28(13-15-5-3-7-17(24)11-15)27-22(19)26-21(29)10-4-6-16-12-25-20-9-2-1-8-18(16)20/h1-3,5,7-9,11-12,14,25H,4,6,10,13H2,(H,26,27,29). The first-order valence-electron chi connectivity index (χ1n) is 9.41. The summed E-state index contributed by atoms with van der Waals surface area (Å²) in [5.41, 5.74) is 3.06. The van der Waals surface area contributed by atoms with Crippen LogP contribution in [0.2, 0.25) is 5.02 Å². The van der Waals surface area contributed by atoms with Crippen LogP contribution in [-0.4, -0.2) is 20.7 Å². The Labute approximate surface area is 172 Å². The molecule has 2 heterocycles. The maximum Gasteiger partial charge on any atom is 0.225 e. The molecule has 0 aliphatic carbocycles. The lowest BCUT2D eigenvalue weighted by Crippen LogP contribution is -2.13. The van der Waals surface area contributed by atoms with Crippen LogP contribution in [0.5, 0.6) is 0 Å². The van der Waals surface area contributed by atoms with Crippen LogP contribution in [0.1, 0.15) is 24.0 Å². The SMILES string of the molecule is O=C(CCCc1c[nH]c2ccccc12)Nc1nn(Cc2cccc(F)c2)cc1Cl. The Morgan fingerprint density at radius 2 is 2.07 bits per heavy atom. The number of H-pyrrole nitrogens is 1. The largest absolute Gasteiger partial charge is 0.361 e. The summed E-state index contributed by atoms with van der Waals surface area (Å²) >= 11 is 6.19. The van der Waals surface area contributed by atoms with Crippen molar-refractivity contribution in [2.75, 3.05) is 5.32 Å². The van der Waals surface area contributed by atoms with E-state index >= 15 is 0 Å². The molecule has 2 aromatic carbocycles. The number of amides is 1. The highest BCUT2D eigenvalue weighted by Gasteiger charge is 2.12. The van der Waals surface area contributed by atoms with Crippen molar-refractivity contribution in [3.8, 4) is 0 Å². The van der Waals surface area contributed by atoms with E-state index in [4.69, 9.17) is 11.6 Å². The second kappa shape index (κ2) is 8.49. The third-order valence-corrected chi connectivity index (χ3v) is 5.01. The summed E-state index contributed by atoms with van der Waals surface area (Å²) in [5.74, 6) is -0.118. The maximum atomic E-state index is 13.3. The van der Waals surface area contributed by atoms with E-state index in [0.717, 1.165) is 23.9 Å². The number of aromatic nitrogens is 3. The summed E-state index contributed by atoms with van der Waals surface area (Å²) in [7, 11) is 0. The molecule has 0 saturated carbocycles. The number of para-hydroxylation sites is 1. The van der Waals surface area contributed by atoms with Crippen molar-refractivity contribution in [2.24, 2.45) is 0 Å². The number of hydrogen-bond donors (Lipinski definition) is 2. The molecule has 29 heavy (non-hydrogen) atoms. The number of aryl methyl sites for hydroxylation is 1. The first-order valence-corrected chi connectivity index (χ1v) is 9.78. The second-order valence-electron chi connectivity index (χ2n) is 6.91. The number of anilines is 1. The zero-order chi connectivity index (χ0) is 20.2. The van der Waals surface area contributed by atoms with E-state index < -0.39 is 0 Å². The zero-order valence-corrected chi connectivity index (χ0v) is 16.4. The van der Waals surface area contributed by atoms with Crippen molar-refractivity contribution in [3.63, 3.8) is 0 Å². The molecule has 5 nitrogen and oxygen atoms in total. The smallest absolute Gasteiger partial charge is 0.225 e. The van der Waals surface area contributed by atoms with Gasteiger partial charge in [0.05, 0.1) is 6.54 Å². The number of rotatable bonds is 7. The zero-order valence-electron chi connectivity index (χ0n) is 15.7. The number of aromatic amines is 1. The fourth-order valence-corrected chi connectivity index (χ4v) is 3.56. The molecule has 148 valence electrons. The molecule has 4 aromatic rings. The van der Waals surface area contributed by atoms with Gasteiger partial charge in [-0.15, -0.1) is 0 Å². The Bertz CT molecular complexity index is 1150. The highest BCUT2D eigenvalue weighted by atomic mass is 35.5. The summed E-state index contributed by atoms with van der Waals surface area (Å²) in [6.07, 6.45) is 5.50. The minimum Gasteiger partial charge on any atom is -0.361 e. The van der Waals surface area contributed by atoms with Gasteiger partial charge in [-0.1, -0.05) is 41.9 Å². The van der Waals surface area contributed by atoms with Gasteiger partial charge in [-0.3, -0.25) is 9.48 Å². The van der Waals surface area contributed by atoms with Crippen LogP contribution in [0.4, 0.5) is 10.2 Å².